The first-order valence-electron chi connectivity index (χ1n) is 15.7. The molecule has 4 aromatic rings. The van der Waals surface area contributed by atoms with Gasteiger partial charge < -0.3 is 10.2 Å². The Kier molecular flexibility index (Phi) is 10.9. The van der Waals surface area contributed by atoms with E-state index in [9.17, 15) is 0 Å². The molecule has 1 aliphatic heterocycles. The molecule has 43 heavy (non-hydrogen) atoms. The highest BCUT2D eigenvalue weighted by molar-refractivity contribution is 6.31. The first-order valence-corrected chi connectivity index (χ1v) is 16.8. The molecule has 0 aliphatic carbocycles. The van der Waals surface area contributed by atoms with E-state index in [4.69, 9.17) is 34.8 Å². The molecule has 1 aliphatic rings. The van der Waals surface area contributed by atoms with Crippen LogP contribution < -0.4 is 5.32 Å². The van der Waals surface area contributed by atoms with Gasteiger partial charge in [0.1, 0.15) is 0 Å². The van der Waals surface area contributed by atoms with Gasteiger partial charge in [0, 0.05) is 38.5 Å². The van der Waals surface area contributed by atoms with Crippen molar-refractivity contribution >= 4 is 34.8 Å². The average molecular weight is 634 g/mol. The van der Waals surface area contributed by atoms with Crippen molar-refractivity contribution in [3.8, 4) is 0 Å². The third kappa shape index (κ3) is 7.32. The highest BCUT2D eigenvalue weighted by Gasteiger charge is 2.39. The maximum atomic E-state index is 6.39. The van der Waals surface area contributed by atoms with Crippen molar-refractivity contribution in [2.24, 2.45) is 0 Å². The minimum absolute atomic E-state index is 0.153. The number of piperidine rings is 1. The number of hydrogen-bond donors (Lipinski definition) is 1. The number of benzene rings is 4. The summed E-state index contributed by atoms with van der Waals surface area (Å²) < 4.78 is 0. The molecule has 0 amide bonds. The molecule has 0 aromatic heterocycles. The van der Waals surface area contributed by atoms with Gasteiger partial charge in [-0.1, -0.05) is 115 Å². The molecule has 5 heteroatoms. The van der Waals surface area contributed by atoms with Crippen LogP contribution >= 0.6 is 34.8 Å². The van der Waals surface area contributed by atoms with Crippen LogP contribution in [-0.4, -0.2) is 37.1 Å². The van der Waals surface area contributed by atoms with Gasteiger partial charge in [-0.2, -0.15) is 0 Å². The lowest BCUT2D eigenvalue weighted by Gasteiger charge is -2.44. The number of hydrogen-bond acceptors (Lipinski definition) is 2. The molecule has 4 aromatic carbocycles. The Labute approximate surface area is 273 Å². The molecular formula is C38H43Cl3N2. The highest BCUT2D eigenvalue weighted by Crippen LogP contribution is 2.44. The molecule has 1 heterocycles. The second-order valence-electron chi connectivity index (χ2n) is 12.1. The molecule has 0 radical (unpaired) electrons. The molecule has 1 saturated heterocycles. The van der Waals surface area contributed by atoms with Crippen LogP contribution in [0.25, 0.3) is 0 Å². The molecule has 0 bridgehead atoms. The lowest BCUT2D eigenvalue weighted by Crippen LogP contribution is -2.50. The van der Waals surface area contributed by atoms with Crippen molar-refractivity contribution in [1.29, 1.82) is 0 Å². The van der Waals surface area contributed by atoms with E-state index < -0.39 is 0 Å². The van der Waals surface area contributed by atoms with Gasteiger partial charge >= 0.3 is 0 Å². The van der Waals surface area contributed by atoms with E-state index in [1.807, 2.05) is 36.4 Å². The summed E-state index contributed by atoms with van der Waals surface area (Å²) in [4.78, 5) is 2.66. The summed E-state index contributed by atoms with van der Waals surface area (Å²) in [5, 5.41) is 6.14. The van der Waals surface area contributed by atoms with Crippen LogP contribution in [0, 0.1) is 0 Å². The average Bonchev–Trinajstić information content (AvgIpc) is 3.05. The zero-order chi connectivity index (χ0) is 30.3. The van der Waals surface area contributed by atoms with Crippen LogP contribution in [-0.2, 0) is 10.8 Å². The molecule has 0 spiro atoms. The zero-order valence-electron chi connectivity index (χ0n) is 25.3. The first kappa shape index (κ1) is 32.1. The Morgan fingerprint density at radius 3 is 1.53 bits per heavy atom. The monoisotopic (exact) mass is 632 g/mol. The van der Waals surface area contributed by atoms with Crippen LogP contribution in [0.15, 0.2) is 103 Å². The normalized spacial score (nSPS) is 15.6. The Morgan fingerprint density at radius 1 is 0.674 bits per heavy atom. The lowest BCUT2D eigenvalue weighted by atomic mass is 9.67. The van der Waals surface area contributed by atoms with Crippen molar-refractivity contribution in [3.05, 3.63) is 140 Å². The van der Waals surface area contributed by atoms with E-state index in [0.29, 0.717) is 6.04 Å². The van der Waals surface area contributed by atoms with E-state index in [1.165, 1.54) is 22.3 Å². The van der Waals surface area contributed by atoms with Crippen LogP contribution in [0.3, 0.4) is 0 Å². The molecule has 226 valence electrons. The summed E-state index contributed by atoms with van der Waals surface area (Å²) in [7, 11) is 0. The standard InChI is InChI=1S/C38H43Cl3N2/c1-3-36(4-2)42-28-37(29-8-6-5-7-9-29)22-25-43(26-23-37)27-24-38(30-10-16-33(39)17-11-30,31-12-18-34(40)19-13-31)32-14-20-35(41)21-15-32/h5-21,36,42H,3-4,22-28H2,1-2H3. The van der Waals surface area contributed by atoms with Gasteiger partial charge in [0.25, 0.3) is 0 Å². The van der Waals surface area contributed by atoms with Gasteiger partial charge in [-0.05, 0) is 110 Å². The van der Waals surface area contributed by atoms with Crippen LogP contribution in [0.4, 0.5) is 0 Å². The highest BCUT2D eigenvalue weighted by atomic mass is 35.5. The molecule has 1 fully saturated rings. The van der Waals surface area contributed by atoms with Gasteiger partial charge in [-0.3, -0.25) is 0 Å². The fourth-order valence-electron chi connectivity index (χ4n) is 6.94. The maximum Gasteiger partial charge on any atom is 0.0463 e. The summed E-state index contributed by atoms with van der Waals surface area (Å²) in [6, 6.07) is 36.8. The lowest BCUT2D eigenvalue weighted by molar-refractivity contribution is 0.147. The predicted octanol–water partition coefficient (Wildman–Crippen LogP) is 10.2. The predicted molar refractivity (Wildman–Crippen MR) is 185 cm³/mol. The Hall–Kier alpha value is -2.33. The van der Waals surface area contributed by atoms with Crippen LogP contribution in [0.2, 0.25) is 15.1 Å². The Morgan fingerprint density at radius 2 is 1.12 bits per heavy atom. The number of nitrogens with one attached hydrogen (secondary N) is 1. The smallest absolute Gasteiger partial charge is 0.0463 e. The van der Waals surface area contributed by atoms with Crippen molar-refractivity contribution in [1.82, 2.24) is 10.2 Å². The summed E-state index contributed by atoms with van der Waals surface area (Å²) in [5.74, 6) is 0. The van der Waals surface area contributed by atoms with Crippen molar-refractivity contribution in [2.45, 2.75) is 62.8 Å². The van der Waals surface area contributed by atoms with E-state index in [-0.39, 0.29) is 10.8 Å². The maximum absolute atomic E-state index is 6.39. The molecule has 1 N–H and O–H groups in total. The van der Waals surface area contributed by atoms with Crippen molar-refractivity contribution in [2.75, 3.05) is 26.2 Å². The van der Waals surface area contributed by atoms with Crippen LogP contribution in [0.5, 0.6) is 0 Å². The van der Waals surface area contributed by atoms with Gasteiger partial charge in [0.05, 0.1) is 0 Å². The van der Waals surface area contributed by atoms with Gasteiger partial charge in [0.15, 0.2) is 0 Å². The third-order valence-corrected chi connectivity index (χ3v) is 10.5. The first-order chi connectivity index (χ1) is 20.9. The quantitative estimate of drug-likeness (QED) is 0.156. The van der Waals surface area contributed by atoms with E-state index in [1.54, 1.807) is 0 Å². The number of likely N-dealkylation sites (tertiary alicyclic amines) is 1. The fraction of sp³-hybridized carbons (Fsp3) is 0.368. The molecule has 0 atom stereocenters. The van der Waals surface area contributed by atoms with Crippen molar-refractivity contribution < 1.29 is 0 Å². The van der Waals surface area contributed by atoms with Crippen molar-refractivity contribution in [3.63, 3.8) is 0 Å². The molecule has 2 nitrogen and oxygen atoms in total. The molecule has 5 rings (SSSR count). The summed E-state index contributed by atoms with van der Waals surface area (Å²) in [6.07, 6.45) is 5.52. The SMILES string of the molecule is CCC(CC)NCC1(c2ccccc2)CCN(CCC(c2ccc(Cl)cc2)(c2ccc(Cl)cc2)c2ccc(Cl)cc2)CC1. The summed E-state index contributed by atoms with van der Waals surface area (Å²) >= 11 is 19.2. The minimum atomic E-state index is -0.384. The van der Waals surface area contributed by atoms with E-state index in [0.717, 1.165) is 73.4 Å². The minimum Gasteiger partial charge on any atom is -0.313 e. The topological polar surface area (TPSA) is 15.3 Å². The number of rotatable bonds is 12. The largest absolute Gasteiger partial charge is 0.313 e. The van der Waals surface area contributed by atoms with Gasteiger partial charge in [-0.25, -0.2) is 0 Å². The van der Waals surface area contributed by atoms with E-state index in [2.05, 4.69) is 90.8 Å². The van der Waals surface area contributed by atoms with E-state index >= 15 is 0 Å². The molecule has 0 unspecified atom stereocenters. The number of halogens is 3. The zero-order valence-corrected chi connectivity index (χ0v) is 27.6. The van der Waals surface area contributed by atoms with Crippen LogP contribution in [0.1, 0.15) is 68.2 Å². The third-order valence-electron chi connectivity index (χ3n) is 9.73. The van der Waals surface area contributed by atoms with Gasteiger partial charge in [0.2, 0.25) is 0 Å². The Bertz CT molecular complexity index is 1300. The molecule has 0 saturated carbocycles. The second kappa shape index (κ2) is 14.6. The van der Waals surface area contributed by atoms with Gasteiger partial charge in [-0.15, -0.1) is 0 Å². The fourth-order valence-corrected chi connectivity index (χ4v) is 7.32. The number of nitrogens with zero attached hydrogens (tertiary/aromatic N) is 1. The Balaban J connectivity index is 1.44. The summed E-state index contributed by atoms with van der Waals surface area (Å²) in [6.45, 7) is 8.70. The second-order valence-corrected chi connectivity index (χ2v) is 13.4. The summed E-state index contributed by atoms with van der Waals surface area (Å²) in [5.41, 5.74) is 4.88. The molecular weight excluding hydrogens is 591 g/mol.